The number of carbonyl (C=O) groups excluding carboxylic acids is 1. The molecule has 0 unspecified atom stereocenters. The Hall–Kier alpha value is -1.56. The van der Waals surface area contributed by atoms with E-state index in [4.69, 9.17) is 8.85 Å². The van der Waals surface area contributed by atoms with Gasteiger partial charge in [0.25, 0.3) is 5.91 Å². The molecule has 24 heavy (non-hydrogen) atoms. The number of amides is 1. The van der Waals surface area contributed by atoms with Gasteiger partial charge in [0.05, 0.1) is 0 Å². The average Bonchev–Trinajstić information content (AvgIpc) is 2.57. The molecule has 1 rings (SSSR count). The van der Waals surface area contributed by atoms with Crippen molar-refractivity contribution in [1.82, 2.24) is 5.32 Å². The van der Waals surface area contributed by atoms with E-state index in [0.717, 1.165) is 0 Å². The minimum absolute atomic E-state index is 0.101. The molecule has 2 N–H and O–H groups in total. The van der Waals surface area contributed by atoms with Crippen LogP contribution in [0.25, 0.3) is 0 Å². The normalized spacial score (nSPS) is 11.7. The third kappa shape index (κ3) is 4.50. The molecule has 0 aliphatic heterocycles. The Morgan fingerprint density at radius 1 is 0.958 bits per heavy atom. The minimum Gasteiger partial charge on any atom is -0.390 e. The SMILES string of the molecule is CO[Si](O)(CCCCNC(=O)c1c(F)c(F)c(F)c(F)c1F)OC. The van der Waals surface area contributed by atoms with Crippen LogP contribution in [0.5, 0.6) is 0 Å². The van der Waals surface area contributed by atoms with Crippen molar-refractivity contribution in [2.75, 3.05) is 20.8 Å². The first-order valence-corrected chi connectivity index (χ1v) is 8.78. The van der Waals surface area contributed by atoms with E-state index in [1.165, 1.54) is 14.2 Å². The lowest BCUT2D eigenvalue weighted by atomic mass is 10.1. The molecule has 11 heteroatoms. The largest absolute Gasteiger partial charge is 0.497 e. The van der Waals surface area contributed by atoms with E-state index in [2.05, 4.69) is 5.32 Å². The van der Waals surface area contributed by atoms with Gasteiger partial charge in [-0.2, -0.15) is 0 Å². The molecule has 1 aromatic carbocycles. The molecular weight excluding hydrogens is 357 g/mol. The van der Waals surface area contributed by atoms with Crippen LogP contribution in [-0.2, 0) is 8.85 Å². The summed E-state index contributed by atoms with van der Waals surface area (Å²) in [5.74, 6) is -12.5. The quantitative estimate of drug-likeness (QED) is 0.241. The van der Waals surface area contributed by atoms with Crippen LogP contribution in [0, 0.1) is 29.1 Å². The average molecular weight is 373 g/mol. The highest BCUT2D eigenvalue weighted by Crippen LogP contribution is 2.22. The van der Waals surface area contributed by atoms with Gasteiger partial charge in [0.15, 0.2) is 23.3 Å². The van der Waals surface area contributed by atoms with E-state index in [1.807, 2.05) is 0 Å². The summed E-state index contributed by atoms with van der Waals surface area (Å²) in [4.78, 5) is 21.4. The fraction of sp³-hybridized carbons (Fsp3) is 0.462. The highest BCUT2D eigenvalue weighted by atomic mass is 28.4. The minimum atomic E-state index is -3.25. The first kappa shape index (κ1) is 20.5. The summed E-state index contributed by atoms with van der Waals surface area (Å²) in [6.45, 7) is -0.101. The van der Waals surface area contributed by atoms with Crippen LogP contribution < -0.4 is 5.32 Å². The van der Waals surface area contributed by atoms with E-state index in [1.54, 1.807) is 0 Å². The van der Waals surface area contributed by atoms with Gasteiger partial charge in [-0.3, -0.25) is 4.79 Å². The summed E-state index contributed by atoms with van der Waals surface area (Å²) in [6, 6.07) is 0.179. The van der Waals surface area contributed by atoms with Crippen molar-refractivity contribution >= 4 is 14.7 Å². The molecule has 1 amide bonds. The van der Waals surface area contributed by atoms with Crippen molar-refractivity contribution in [3.8, 4) is 0 Å². The second kappa shape index (κ2) is 8.51. The van der Waals surface area contributed by atoms with Crippen LogP contribution in [0.2, 0.25) is 6.04 Å². The summed E-state index contributed by atoms with van der Waals surface area (Å²) in [5.41, 5.74) is -1.54. The van der Waals surface area contributed by atoms with Crippen molar-refractivity contribution in [1.29, 1.82) is 0 Å². The smallest absolute Gasteiger partial charge is 0.390 e. The highest BCUT2D eigenvalue weighted by molar-refractivity contribution is 6.59. The van der Waals surface area contributed by atoms with Crippen molar-refractivity contribution < 1.29 is 40.4 Å². The molecule has 0 saturated carbocycles. The van der Waals surface area contributed by atoms with Gasteiger partial charge in [-0.1, -0.05) is 0 Å². The molecule has 0 atom stereocenters. The summed E-state index contributed by atoms with van der Waals surface area (Å²) < 4.78 is 75.4. The van der Waals surface area contributed by atoms with Crippen LogP contribution in [0.1, 0.15) is 23.2 Å². The highest BCUT2D eigenvalue weighted by Gasteiger charge is 2.33. The van der Waals surface area contributed by atoms with Gasteiger partial charge >= 0.3 is 8.80 Å². The van der Waals surface area contributed by atoms with Gasteiger partial charge in [0.2, 0.25) is 5.82 Å². The van der Waals surface area contributed by atoms with E-state index >= 15 is 0 Å². The number of nitrogens with one attached hydrogen (secondary N) is 1. The number of benzene rings is 1. The maximum Gasteiger partial charge on any atom is 0.497 e. The molecule has 0 saturated heterocycles. The number of halogens is 5. The Balaban J connectivity index is 2.65. The molecule has 0 aliphatic carbocycles. The Labute approximate surface area is 135 Å². The molecule has 136 valence electrons. The molecule has 0 fully saturated rings. The number of unbranched alkanes of at least 4 members (excludes halogenated alkanes) is 1. The van der Waals surface area contributed by atoms with Crippen LogP contribution in [0.4, 0.5) is 22.0 Å². The molecule has 0 aromatic heterocycles. The molecular formula is C13H16F5NO4Si. The first-order chi connectivity index (χ1) is 11.2. The standard InChI is InChI=1S/C13H16F5NO4Si/c1-22-24(21,23-2)6-4-3-5-19-13(20)7-8(14)10(16)12(18)11(17)9(7)15/h21H,3-6H2,1-2H3,(H,19,20). The monoisotopic (exact) mass is 373 g/mol. The summed E-state index contributed by atoms with van der Waals surface area (Å²) in [6.07, 6.45) is 0.616. The van der Waals surface area contributed by atoms with E-state index in [0.29, 0.717) is 6.42 Å². The van der Waals surface area contributed by atoms with Gasteiger partial charge in [-0.25, -0.2) is 22.0 Å². The summed E-state index contributed by atoms with van der Waals surface area (Å²) >= 11 is 0. The Kier molecular flexibility index (Phi) is 7.26. The van der Waals surface area contributed by atoms with Crippen molar-refractivity contribution in [3.05, 3.63) is 34.6 Å². The van der Waals surface area contributed by atoms with Crippen LogP contribution in [-0.4, -0.2) is 40.3 Å². The third-order valence-electron chi connectivity index (χ3n) is 3.28. The van der Waals surface area contributed by atoms with Crippen molar-refractivity contribution in [2.24, 2.45) is 0 Å². The van der Waals surface area contributed by atoms with E-state index < -0.39 is 49.4 Å². The molecule has 0 spiro atoms. The zero-order valence-electron chi connectivity index (χ0n) is 12.9. The number of hydrogen-bond donors (Lipinski definition) is 2. The number of rotatable bonds is 8. The molecule has 0 bridgehead atoms. The Morgan fingerprint density at radius 3 is 1.88 bits per heavy atom. The van der Waals surface area contributed by atoms with Crippen molar-refractivity contribution in [2.45, 2.75) is 18.9 Å². The van der Waals surface area contributed by atoms with Gasteiger partial charge in [-0.15, -0.1) is 0 Å². The molecule has 0 aliphatic rings. The zero-order valence-corrected chi connectivity index (χ0v) is 13.9. The van der Waals surface area contributed by atoms with Gasteiger partial charge in [0.1, 0.15) is 5.56 Å². The zero-order chi connectivity index (χ0) is 18.5. The van der Waals surface area contributed by atoms with E-state index in [-0.39, 0.29) is 19.0 Å². The second-order valence-corrected chi connectivity index (χ2v) is 7.52. The number of hydrogen-bond acceptors (Lipinski definition) is 4. The van der Waals surface area contributed by atoms with E-state index in [9.17, 15) is 31.5 Å². The topological polar surface area (TPSA) is 67.8 Å². The maximum atomic E-state index is 13.4. The molecule has 0 heterocycles. The molecule has 0 radical (unpaired) electrons. The Bertz CT molecular complexity index is 584. The first-order valence-electron chi connectivity index (χ1n) is 6.80. The fourth-order valence-corrected chi connectivity index (χ4v) is 3.13. The Morgan fingerprint density at radius 2 is 1.42 bits per heavy atom. The predicted molar refractivity (Wildman–Crippen MR) is 74.6 cm³/mol. The van der Waals surface area contributed by atoms with Crippen LogP contribution >= 0.6 is 0 Å². The molecule has 5 nitrogen and oxygen atoms in total. The lowest BCUT2D eigenvalue weighted by molar-refractivity contribution is 0.0941. The predicted octanol–water partition coefficient (Wildman–Crippen LogP) is 2.12. The van der Waals surface area contributed by atoms with Crippen LogP contribution in [0.15, 0.2) is 0 Å². The van der Waals surface area contributed by atoms with Gasteiger partial charge in [0, 0.05) is 26.8 Å². The fourth-order valence-electron chi connectivity index (χ4n) is 1.86. The summed E-state index contributed by atoms with van der Waals surface area (Å²) in [7, 11) is -0.694. The van der Waals surface area contributed by atoms with Crippen molar-refractivity contribution in [3.63, 3.8) is 0 Å². The lowest BCUT2D eigenvalue weighted by Gasteiger charge is -2.19. The second-order valence-electron chi connectivity index (χ2n) is 4.78. The van der Waals surface area contributed by atoms with Gasteiger partial charge in [-0.05, 0) is 12.8 Å². The van der Waals surface area contributed by atoms with Crippen LogP contribution in [0.3, 0.4) is 0 Å². The molecule has 1 aromatic rings. The lowest BCUT2D eigenvalue weighted by Crippen LogP contribution is -2.40. The summed E-state index contributed by atoms with van der Waals surface area (Å²) in [5, 5.41) is 2.05. The maximum absolute atomic E-state index is 13.4. The number of carbonyl (C=O) groups is 1. The van der Waals surface area contributed by atoms with Gasteiger partial charge < -0.3 is 19.0 Å². The third-order valence-corrected chi connectivity index (χ3v) is 5.54.